The first-order valence-electron chi connectivity index (χ1n) is 12.2. The summed E-state index contributed by atoms with van der Waals surface area (Å²) in [4.78, 5) is 24.1. The number of aliphatic hydroxyl groups is 1. The number of aliphatic hydroxyl groups excluding tert-OH is 1. The fraction of sp³-hybridized carbons (Fsp3) is 0.840. The Morgan fingerprint density at radius 2 is 1.85 bits per heavy atom. The van der Waals surface area contributed by atoms with Crippen molar-refractivity contribution < 1.29 is 42.4 Å². The predicted molar refractivity (Wildman–Crippen MR) is 112 cm³/mol. The van der Waals surface area contributed by atoms with Gasteiger partial charge in [0.05, 0.1) is 12.0 Å². The number of carbonyl (C=O) groups excluding carboxylic acids is 2. The lowest BCUT2D eigenvalue weighted by atomic mass is 9.43. The standard InChI is InChI=1S/C25H32F2O7/c1-13-4-15-16-5-18(26)17-6-19(29)14(9-28)7-21(17,2)24(16,27)20(30)8-22(15,3)25(13)23(33-12-34-25)10-31-11-32-23/h9,13-16,20,30H,4-8,10-12H2,1-3H3/t13-,14?,15-,16-,20-,21-,22-,23?,24-,25+/m0/s1. The first-order valence-corrected chi connectivity index (χ1v) is 12.2. The topological polar surface area (TPSA) is 91.3 Å². The minimum absolute atomic E-state index is 0.00318. The number of ketones is 1. The Hall–Kier alpha value is -1.26. The van der Waals surface area contributed by atoms with E-state index in [9.17, 15) is 14.7 Å². The largest absolute Gasteiger partial charge is 0.390 e. The highest BCUT2D eigenvalue weighted by atomic mass is 19.1. The molecular formula is C25H32F2O7. The highest BCUT2D eigenvalue weighted by molar-refractivity contribution is 5.96. The van der Waals surface area contributed by atoms with E-state index in [1.165, 1.54) is 0 Å². The van der Waals surface area contributed by atoms with Crippen LogP contribution in [0.4, 0.5) is 8.78 Å². The molecule has 7 nitrogen and oxygen atoms in total. The molecule has 2 unspecified atom stereocenters. The van der Waals surface area contributed by atoms with Crippen LogP contribution < -0.4 is 0 Å². The summed E-state index contributed by atoms with van der Waals surface area (Å²) < 4.78 is 57.0. The summed E-state index contributed by atoms with van der Waals surface area (Å²) in [6.07, 6.45) is -0.913. The minimum atomic E-state index is -2.19. The van der Waals surface area contributed by atoms with Gasteiger partial charge in [0.15, 0.2) is 13.6 Å². The summed E-state index contributed by atoms with van der Waals surface area (Å²) >= 11 is 0. The zero-order valence-electron chi connectivity index (χ0n) is 19.8. The van der Waals surface area contributed by atoms with E-state index in [1.54, 1.807) is 6.92 Å². The van der Waals surface area contributed by atoms with E-state index in [4.69, 9.17) is 18.9 Å². The van der Waals surface area contributed by atoms with Crippen LogP contribution in [-0.4, -0.2) is 60.5 Å². The van der Waals surface area contributed by atoms with Crippen molar-refractivity contribution in [2.75, 3.05) is 20.2 Å². The Morgan fingerprint density at radius 3 is 2.53 bits per heavy atom. The molecule has 2 spiro atoms. The molecule has 5 fully saturated rings. The number of carbonyl (C=O) groups is 2. The molecule has 3 saturated carbocycles. The number of hydrogen-bond acceptors (Lipinski definition) is 7. The SMILES string of the molecule is C[C@H]1C[C@H]2[C@@H]3CC(F)=C4CC(=O)C(C=O)C[C@]4(C)[C@@]3(F)[C@@H](O)C[C@]2(C)[C@]12OCOC21COCO1. The molecule has 9 heteroatoms. The molecule has 10 atom stereocenters. The van der Waals surface area contributed by atoms with Crippen LogP contribution in [0, 0.1) is 34.5 Å². The number of Topliss-reactive ketones (excluding diaryl/α,β-unsaturated/α-hetero) is 1. The van der Waals surface area contributed by atoms with Gasteiger partial charge in [0.2, 0.25) is 5.79 Å². The monoisotopic (exact) mass is 482 g/mol. The number of hydrogen-bond donors (Lipinski definition) is 1. The average molecular weight is 483 g/mol. The second-order valence-electron chi connectivity index (χ2n) is 11.8. The van der Waals surface area contributed by atoms with E-state index in [0.29, 0.717) is 12.7 Å². The molecule has 0 aromatic rings. The van der Waals surface area contributed by atoms with Crippen molar-refractivity contribution in [1.82, 2.24) is 0 Å². The molecule has 4 aliphatic carbocycles. The Balaban J connectivity index is 1.49. The number of alkyl halides is 1. The van der Waals surface area contributed by atoms with Gasteiger partial charge in [-0.3, -0.25) is 4.79 Å². The lowest BCUT2D eigenvalue weighted by Gasteiger charge is -2.64. The average Bonchev–Trinajstić information content (AvgIpc) is 3.47. The van der Waals surface area contributed by atoms with Gasteiger partial charge < -0.3 is 28.8 Å². The number of rotatable bonds is 1. The summed E-state index contributed by atoms with van der Waals surface area (Å²) in [7, 11) is 0. The van der Waals surface area contributed by atoms with Gasteiger partial charge in [0.1, 0.15) is 35.8 Å². The Kier molecular flexibility index (Phi) is 4.73. The molecule has 6 rings (SSSR count). The molecular weight excluding hydrogens is 450 g/mol. The van der Waals surface area contributed by atoms with Crippen molar-refractivity contribution in [2.24, 2.45) is 34.5 Å². The number of fused-ring (bicyclic) bond motifs is 7. The van der Waals surface area contributed by atoms with Crippen LogP contribution in [0.5, 0.6) is 0 Å². The number of halogens is 2. The van der Waals surface area contributed by atoms with Crippen LogP contribution in [0.2, 0.25) is 0 Å². The van der Waals surface area contributed by atoms with E-state index in [2.05, 4.69) is 0 Å². The van der Waals surface area contributed by atoms with Crippen molar-refractivity contribution in [2.45, 2.75) is 76.0 Å². The zero-order valence-corrected chi connectivity index (χ0v) is 19.8. The van der Waals surface area contributed by atoms with E-state index < -0.39 is 51.7 Å². The maximum Gasteiger partial charge on any atom is 0.227 e. The molecule has 6 aliphatic rings. The highest BCUT2D eigenvalue weighted by Gasteiger charge is 2.82. The van der Waals surface area contributed by atoms with Crippen LogP contribution in [-0.2, 0) is 28.5 Å². The maximum absolute atomic E-state index is 17.5. The van der Waals surface area contributed by atoms with Gasteiger partial charge in [-0.1, -0.05) is 20.8 Å². The van der Waals surface area contributed by atoms with Crippen LogP contribution in [0.15, 0.2) is 11.4 Å². The van der Waals surface area contributed by atoms with Crippen molar-refractivity contribution in [3.63, 3.8) is 0 Å². The number of ether oxygens (including phenoxy) is 4. The molecule has 0 bridgehead atoms. The molecule has 1 N–H and O–H groups in total. The van der Waals surface area contributed by atoms with Gasteiger partial charge in [-0.15, -0.1) is 0 Å². The molecule has 0 aromatic carbocycles. The summed E-state index contributed by atoms with van der Waals surface area (Å²) in [5, 5.41) is 11.6. The van der Waals surface area contributed by atoms with Crippen LogP contribution >= 0.6 is 0 Å². The lowest BCUT2D eigenvalue weighted by Crippen LogP contribution is -2.72. The van der Waals surface area contributed by atoms with Crippen LogP contribution in [0.3, 0.4) is 0 Å². The van der Waals surface area contributed by atoms with Crippen molar-refractivity contribution in [3.05, 3.63) is 11.4 Å². The third-order valence-electron chi connectivity index (χ3n) is 10.7. The van der Waals surface area contributed by atoms with Crippen LogP contribution in [0.25, 0.3) is 0 Å². The fourth-order valence-corrected chi connectivity index (χ4v) is 9.32. The fourth-order valence-electron chi connectivity index (χ4n) is 9.32. The first-order chi connectivity index (χ1) is 16.0. The Labute approximate surface area is 197 Å². The third-order valence-corrected chi connectivity index (χ3v) is 10.7. The third kappa shape index (κ3) is 2.30. The van der Waals surface area contributed by atoms with E-state index in [0.717, 1.165) is 0 Å². The smallest absolute Gasteiger partial charge is 0.227 e. The Bertz CT molecular complexity index is 973. The van der Waals surface area contributed by atoms with Gasteiger partial charge in [-0.2, -0.15) is 0 Å². The first kappa shape index (κ1) is 23.2. The van der Waals surface area contributed by atoms with E-state index >= 15 is 8.78 Å². The molecule has 0 radical (unpaired) electrons. The lowest BCUT2D eigenvalue weighted by molar-refractivity contribution is -0.279. The van der Waals surface area contributed by atoms with E-state index in [-0.39, 0.29) is 69.1 Å². The second kappa shape index (κ2) is 6.94. The zero-order chi connectivity index (χ0) is 24.3. The predicted octanol–water partition coefficient (Wildman–Crippen LogP) is 2.99. The van der Waals surface area contributed by atoms with Gasteiger partial charge in [-0.05, 0) is 36.7 Å². The quantitative estimate of drug-likeness (QED) is 0.454. The van der Waals surface area contributed by atoms with Crippen molar-refractivity contribution in [3.8, 4) is 0 Å². The maximum atomic E-state index is 17.5. The number of allylic oxidation sites excluding steroid dienone is 2. The van der Waals surface area contributed by atoms with Crippen LogP contribution in [0.1, 0.15) is 52.9 Å². The van der Waals surface area contributed by atoms with Gasteiger partial charge in [0.25, 0.3) is 0 Å². The molecule has 2 heterocycles. The summed E-state index contributed by atoms with van der Waals surface area (Å²) in [6.45, 7) is 5.79. The minimum Gasteiger partial charge on any atom is -0.390 e. The van der Waals surface area contributed by atoms with Gasteiger partial charge in [0, 0.05) is 29.6 Å². The highest BCUT2D eigenvalue weighted by Crippen LogP contribution is 2.75. The summed E-state index contributed by atoms with van der Waals surface area (Å²) in [5.41, 5.74) is -5.29. The van der Waals surface area contributed by atoms with E-state index in [1.807, 2.05) is 13.8 Å². The van der Waals surface area contributed by atoms with Gasteiger partial charge >= 0.3 is 0 Å². The van der Waals surface area contributed by atoms with Crippen molar-refractivity contribution >= 4 is 12.1 Å². The normalized spacial score (nSPS) is 56.6. The molecule has 2 saturated heterocycles. The summed E-state index contributed by atoms with van der Waals surface area (Å²) in [6, 6.07) is 0. The molecule has 188 valence electrons. The number of aldehydes is 1. The molecule has 2 aliphatic heterocycles. The second-order valence-corrected chi connectivity index (χ2v) is 11.8. The molecule has 34 heavy (non-hydrogen) atoms. The van der Waals surface area contributed by atoms with Crippen molar-refractivity contribution in [1.29, 1.82) is 0 Å². The summed E-state index contributed by atoms with van der Waals surface area (Å²) in [5.74, 6) is -4.35. The van der Waals surface area contributed by atoms with Gasteiger partial charge in [-0.25, -0.2) is 8.78 Å². The molecule has 0 aromatic heterocycles. The molecule has 0 amide bonds. The Morgan fingerprint density at radius 1 is 1.12 bits per heavy atom.